The van der Waals surface area contributed by atoms with Gasteiger partial charge in [-0.05, 0) is 26.1 Å². The topological polar surface area (TPSA) is 57.4 Å². The van der Waals surface area contributed by atoms with Crippen molar-refractivity contribution in [1.29, 1.82) is 0 Å². The zero-order valence-corrected chi connectivity index (χ0v) is 9.34. The predicted octanol–water partition coefficient (Wildman–Crippen LogP) is 2.36. The molecule has 0 amide bonds. The van der Waals surface area contributed by atoms with Crippen LogP contribution in [-0.2, 0) is 0 Å². The van der Waals surface area contributed by atoms with E-state index < -0.39 is 0 Å². The molecule has 2 aromatic rings. The highest BCUT2D eigenvalue weighted by Gasteiger charge is 2.02. The molecule has 4 nitrogen and oxygen atoms in total. The fourth-order valence-corrected chi connectivity index (χ4v) is 1.66. The summed E-state index contributed by atoms with van der Waals surface area (Å²) in [6.07, 6.45) is 0. The number of aryl methyl sites for hydroxylation is 2. The highest BCUT2D eigenvalue weighted by Crippen LogP contribution is 2.09. The normalized spacial score (nSPS) is 10.7. The summed E-state index contributed by atoms with van der Waals surface area (Å²) in [6.45, 7) is 3.80. The number of hydrogen-bond donors (Lipinski definition) is 2. The molecular formula is C8H8N4S2. The summed E-state index contributed by atoms with van der Waals surface area (Å²) >= 11 is 10.1. The van der Waals surface area contributed by atoms with Crippen molar-refractivity contribution in [3.05, 3.63) is 20.8 Å². The largest absolute Gasteiger partial charge is 0.322 e. The fraction of sp³-hybridized carbons (Fsp3) is 0.250. The first-order chi connectivity index (χ1) is 6.58. The molecule has 0 fully saturated rings. The molecule has 0 aliphatic carbocycles. The van der Waals surface area contributed by atoms with Crippen LogP contribution in [0.15, 0.2) is 0 Å². The van der Waals surface area contributed by atoms with Crippen molar-refractivity contribution < 1.29 is 0 Å². The lowest BCUT2D eigenvalue weighted by molar-refractivity contribution is 1.04. The summed E-state index contributed by atoms with van der Waals surface area (Å²) in [7, 11) is 0. The van der Waals surface area contributed by atoms with Gasteiger partial charge in [0, 0.05) is 0 Å². The molecule has 0 saturated carbocycles. The van der Waals surface area contributed by atoms with Crippen LogP contribution in [0.25, 0.3) is 11.2 Å². The van der Waals surface area contributed by atoms with Crippen molar-refractivity contribution in [3.63, 3.8) is 0 Å². The Morgan fingerprint density at radius 2 is 1.64 bits per heavy atom. The number of nitrogens with one attached hydrogen (secondary N) is 2. The van der Waals surface area contributed by atoms with Crippen molar-refractivity contribution in [2.45, 2.75) is 13.8 Å². The maximum atomic E-state index is 5.10. The van der Waals surface area contributed by atoms with Gasteiger partial charge in [-0.3, -0.25) is 0 Å². The first-order valence-corrected chi connectivity index (χ1v) is 4.87. The monoisotopic (exact) mass is 224 g/mol. The van der Waals surface area contributed by atoms with Gasteiger partial charge in [0.15, 0.2) is 10.4 Å². The van der Waals surface area contributed by atoms with Gasteiger partial charge in [-0.2, -0.15) is 0 Å². The molecule has 0 aliphatic heterocycles. The fourth-order valence-electron chi connectivity index (χ4n) is 1.15. The first-order valence-electron chi connectivity index (χ1n) is 4.05. The third-order valence-corrected chi connectivity index (χ3v) is 2.48. The number of aromatic amines is 2. The van der Waals surface area contributed by atoms with Gasteiger partial charge >= 0.3 is 0 Å². The van der Waals surface area contributed by atoms with E-state index in [1.54, 1.807) is 0 Å². The lowest BCUT2D eigenvalue weighted by atomic mass is 10.3. The Labute approximate surface area is 90.4 Å². The quantitative estimate of drug-likeness (QED) is 0.674. The average molecular weight is 224 g/mol. The van der Waals surface area contributed by atoms with E-state index in [4.69, 9.17) is 24.4 Å². The van der Waals surface area contributed by atoms with E-state index in [2.05, 4.69) is 19.9 Å². The SMILES string of the molecule is Cc1nc2[nH]c(=S)[nH]c(=S)c2nc1C. The minimum Gasteiger partial charge on any atom is -0.322 e. The average Bonchev–Trinajstić information content (AvgIpc) is 2.08. The molecule has 2 rings (SSSR count). The summed E-state index contributed by atoms with van der Waals surface area (Å²) in [5.41, 5.74) is 3.06. The van der Waals surface area contributed by atoms with Crippen molar-refractivity contribution in [2.75, 3.05) is 0 Å². The molecule has 2 N–H and O–H groups in total. The summed E-state index contributed by atoms with van der Waals surface area (Å²) < 4.78 is 0.999. The Bertz CT molecular complexity index is 611. The minimum absolute atomic E-state index is 0.472. The number of fused-ring (bicyclic) bond motifs is 1. The molecule has 0 spiro atoms. The molecule has 0 atom stereocenters. The molecule has 14 heavy (non-hydrogen) atoms. The van der Waals surface area contributed by atoms with Gasteiger partial charge in [0.25, 0.3) is 0 Å². The Hall–Kier alpha value is -1.14. The molecule has 2 heterocycles. The molecule has 0 saturated heterocycles. The smallest absolute Gasteiger partial charge is 0.177 e. The highest BCUT2D eigenvalue weighted by atomic mass is 32.1. The Morgan fingerprint density at radius 1 is 1.00 bits per heavy atom. The highest BCUT2D eigenvalue weighted by molar-refractivity contribution is 7.72. The maximum absolute atomic E-state index is 5.10. The maximum Gasteiger partial charge on any atom is 0.177 e. The number of hydrogen-bond acceptors (Lipinski definition) is 4. The van der Waals surface area contributed by atoms with Crippen molar-refractivity contribution in [2.24, 2.45) is 0 Å². The zero-order chi connectivity index (χ0) is 10.3. The van der Waals surface area contributed by atoms with E-state index in [1.165, 1.54) is 0 Å². The van der Waals surface area contributed by atoms with Crippen LogP contribution in [0.1, 0.15) is 11.4 Å². The third kappa shape index (κ3) is 1.46. The van der Waals surface area contributed by atoms with Crippen LogP contribution in [0.5, 0.6) is 0 Å². The van der Waals surface area contributed by atoms with Crippen molar-refractivity contribution in [1.82, 2.24) is 19.9 Å². The summed E-state index contributed by atoms with van der Waals surface area (Å²) in [4.78, 5) is 14.4. The van der Waals surface area contributed by atoms with Crippen LogP contribution in [-0.4, -0.2) is 19.9 Å². The van der Waals surface area contributed by atoms with Gasteiger partial charge in [-0.15, -0.1) is 0 Å². The van der Waals surface area contributed by atoms with Crippen LogP contribution in [0.4, 0.5) is 0 Å². The number of rotatable bonds is 0. The van der Waals surface area contributed by atoms with E-state index in [0.29, 0.717) is 20.6 Å². The Morgan fingerprint density at radius 3 is 2.36 bits per heavy atom. The lowest BCUT2D eigenvalue weighted by Gasteiger charge is -2.01. The summed E-state index contributed by atoms with van der Waals surface area (Å²) in [5.74, 6) is 0. The zero-order valence-electron chi connectivity index (χ0n) is 7.71. The van der Waals surface area contributed by atoms with Crippen LogP contribution in [0, 0.1) is 23.3 Å². The lowest BCUT2D eigenvalue weighted by Crippen LogP contribution is -1.97. The molecule has 2 aromatic heterocycles. The second kappa shape index (κ2) is 3.21. The van der Waals surface area contributed by atoms with Gasteiger partial charge in [0.1, 0.15) is 10.2 Å². The van der Waals surface area contributed by atoms with E-state index in [9.17, 15) is 0 Å². The van der Waals surface area contributed by atoms with Crippen LogP contribution in [0.2, 0.25) is 0 Å². The molecular weight excluding hydrogens is 216 g/mol. The summed E-state index contributed by atoms with van der Waals surface area (Å²) in [6, 6.07) is 0. The number of aromatic nitrogens is 4. The molecule has 0 unspecified atom stereocenters. The van der Waals surface area contributed by atoms with E-state index in [-0.39, 0.29) is 0 Å². The molecule has 0 aromatic carbocycles. The first kappa shape index (κ1) is 9.42. The van der Waals surface area contributed by atoms with Gasteiger partial charge in [0.2, 0.25) is 0 Å². The van der Waals surface area contributed by atoms with Gasteiger partial charge in [-0.25, -0.2) is 9.97 Å². The number of nitrogens with zero attached hydrogens (tertiary/aromatic N) is 2. The third-order valence-electron chi connectivity index (χ3n) is 1.98. The standard InChI is InChI=1S/C8H8N4S2/c1-3-4(2)10-6-5(9-3)7(13)12-8(14)11-6/h1-2H3,(H2,10,11,12,13,14). The molecule has 0 radical (unpaired) electrons. The molecule has 6 heteroatoms. The van der Waals surface area contributed by atoms with Crippen LogP contribution < -0.4 is 0 Å². The second-order valence-corrected chi connectivity index (χ2v) is 3.82. The second-order valence-electron chi connectivity index (χ2n) is 3.00. The van der Waals surface area contributed by atoms with Crippen LogP contribution >= 0.6 is 24.4 Å². The van der Waals surface area contributed by atoms with Gasteiger partial charge in [-0.1, -0.05) is 12.2 Å². The molecule has 72 valence electrons. The predicted molar refractivity (Wildman–Crippen MR) is 59.4 cm³/mol. The van der Waals surface area contributed by atoms with Crippen LogP contribution in [0.3, 0.4) is 0 Å². The van der Waals surface area contributed by atoms with E-state index in [0.717, 1.165) is 11.4 Å². The molecule has 0 bridgehead atoms. The van der Waals surface area contributed by atoms with E-state index in [1.807, 2.05) is 13.8 Å². The molecule has 0 aliphatic rings. The van der Waals surface area contributed by atoms with Gasteiger partial charge in [0.05, 0.1) is 11.4 Å². The Kier molecular flexibility index (Phi) is 2.16. The number of H-pyrrole nitrogens is 2. The van der Waals surface area contributed by atoms with Crippen molar-refractivity contribution >= 4 is 35.6 Å². The Balaban J connectivity index is 3.03. The summed E-state index contributed by atoms with van der Waals surface area (Å²) in [5, 5.41) is 0. The van der Waals surface area contributed by atoms with Crippen molar-refractivity contribution in [3.8, 4) is 0 Å². The minimum atomic E-state index is 0.472. The van der Waals surface area contributed by atoms with Gasteiger partial charge < -0.3 is 9.97 Å². The van der Waals surface area contributed by atoms with E-state index >= 15 is 0 Å².